The van der Waals surface area contributed by atoms with Crippen LogP contribution in [0.25, 0.3) is 0 Å². The summed E-state index contributed by atoms with van der Waals surface area (Å²) in [6.07, 6.45) is 5.83. The second-order valence-electron chi connectivity index (χ2n) is 3.61. The standard InChI is InChI=1S/C11H16N2O/c1-9-5-6-10(2)13(7-9)8-11(14)12(3)4/h5-7H,2,8H2,1,3-4H3. The van der Waals surface area contributed by atoms with Crippen LogP contribution in [0.2, 0.25) is 0 Å². The smallest absolute Gasteiger partial charge is 0.241 e. The van der Waals surface area contributed by atoms with Gasteiger partial charge in [0.15, 0.2) is 0 Å². The van der Waals surface area contributed by atoms with Crippen LogP contribution in [0, 0.1) is 0 Å². The van der Waals surface area contributed by atoms with Crippen molar-refractivity contribution in [1.82, 2.24) is 9.80 Å². The monoisotopic (exact) mass is 192 g/mol. The zero-order chi connectivity index (χ0) is 10.7. The van der Waals surface area contributed by atoms with Crippen molar-refractivity contribution in [1.29, 1.82) is 0 Å². The van der Waals surface area contributed by atoms with E-state index in [0.717, 1.165) is 11.3 Å². The Hall–Kier alpha value is -1.51. The molecule has 1 aliphatic rings. The molecule has 0 saturated heterocycles. The normalized spacial score (nSPS) is 15.5. The van der Waals surface area contributed by atoms with Crippen LogP contribution < -0.4 is 0 Å². The number of hydrogen-bond donors (Lipinski definition) is 0. The van der Waals surface area contributed by atoms with Gasteiger partial charge in [-0.3, -0.25) is 4.79 Å². The molecule has 0 aromatic carbocycles. The number of allylic oxidation sites excluding steroid dienone is 3. The van der Waals surface area contributed by atoms with Gasteiger partial charge in [0.2, 0.25) is 5.91 Å². The summed E-state index contributed by atoms with van der Waals surface area (Å²) in [5.41, 5.74) is 1.98. The van der Waals surface area contributed by atoms with Gasteiger partial charge in [0.05, 0.1) is 0 Å². The second-order valence-corrected chi connectivity index (χ2v) is 3.61. The van der Waals surface area contributed by atoms with Gasteiger partial charge in [0.25, 0.3) is 0 Å². The number of amides is 1. The third kappa shape index (κ3) is 2.49. The summed E-state index contributed by atoms with van der Waals surface area (Å²) in [6, 6.07) is 0. The molecule has 0 aliphatic carbocycles. The second kappa shape index (κ2) is 4.13. The molecule has 0 aromatic heterocycles. The molecule has 0 spiro atoms. The molecule has 76 valence electrons. The molecule has 0 unspecified atom stereocenters. The van der Waals surface area contributed by atoms with Gasteiger partial charge < -0.3 is 9.80 Å². The largest absolute Gasteiger partial charge is 0.347 e. The first kappa shape index (κ1) is 10.6. The Morgan fingerprint density at radius 1 is 1.50 bits per heavy atom. The van der Waals surface area contributed by atoms with E-state index in [4.69, 9.17) is 0 Å². The topological polar surface area (TPSA) is 23.6 Å². The van der Waals surface area contributed by atoms with Crippen molar-refractivity contribution in [3.8, 4) is 0 Å². The van der Waals surface area contributed by atoms with Gasteiger partial charge in [-0.25, -0.2) is 0 Å². The van der Waals surface area contributed by atoms with E-state index in [1.54, 1.807) is 19.0 Å². The molecule has 0 radical (unpaired) electrons. The number of likely N-dealkylation sites (N-methyl/N-ethyl adjacent to an activating group) is 1. The summed E-state index contributed by atoms with van der Waals surface area (Å²) in [6.45, 7) is 6.22. The molecule has 0 N–H and O–H groups in total. The van der Waals surface area contributed by atoms with E-state index in [9.17, 15) is 4.79 Å². The third-order valence-corrected chi connectivity index (χ3v) is 2.07. The first-order valence-corrected chi connectivity index (χ1v) is 4.53. The molecular formula is C11H16N2O. The highest BCUT2D eigenvalue weighted by Gasteiger charge is 2.12. The van der Waals surface area contributed by atoms with Crippen LogP contribution in [-0.2, 0) is 4.79 Å². The van der Waals surface area contributed by atoms with Gasteiger partial charge >= 0.3 is 0 Å². The minimum atomic E-state index is 0.0745. The maximum absolute atomic E-state index is 11.5. The van der Waals surface area contributed by atoms with Crippen LogP contribution in [-0.4, -0.2) is 36.3 Å². The van der Waals surface area contributed by atoms with E-state index in [-0.39, 0.29) is 5.91 Å². The van der Waals surface area contributed by atoms with Crippen molar-refractivity contribution in [3.05, 3.63) is 36.2 Å². The molecule has 1 aliphatic heterocycles. The molecule has 0 atom stereocenters. The van der Waals surface area contributed by atoms with Crippen molar-refractivity contribution in [2.24, 2.45) is 0 Å². The minimum absolute atomic E-state index is 0.0745. The van der Waals surface area contributed by atoms with Gasteiger partial charge in [-0.2, -0.15) is 0 Å². The van der Waals surface area contributed by atoms with E-state index in [2.05, 4.69) is 6.58 Å². The fraction of sp³-hybridized carbons (Fsp3) is 0.364. The summed E-state index contributed by atoms with van der Waals surface area (Å²) in [5.74, 6) is 0.0745. The maximum Gasteiger partial charge on any atom is 0.241 e. The molecule has 0 saturated carbocycles. The molecule has 1 amide bonds. The maximum atomic E-state index is 11.5. The van der Waals surface area contributed by atoms with Crippen molar-refractivity contribution in [2.75, 3.05) is 20.6 Å². The molecule has 0 aromatic rings. The van der Waals surface area contributed by atoms with Gasteiger partial charge in [-0.15, -0.1) is 0 Å². The number of hydrogen-bond acceptors (Lipinski definition) is 2. The lowest BCUT2D eigenvalue weighted by atomic mass is 10.2. The summed E-state index contributed by atoms with van der Waals surface area (Å²) in [5, 5.41) is 0. The highest BCUT2D eigenvalue weighted by atomic mass is 16.2. The number of nitrogens with zero attached hydrogens (tertiary/aromatic N) is 2. The molecule has 3 heteroatoms. The van der Waals surface area contributed by atoms with Crippen LogP contribution in [0.15, 0.2) is 36.2 Å². The van der Waals surface area contributed by atoms with Crippen LogP contribution in [0.4, 0.5) is 0 Å². The molecule has 0 bridgehead atoms. The molecule has 0 fully saturated rings. The first-order valence-electron chi connectivity index (χ1n) is 4.53. The van der Waals surface area contributed by atoms with Crippen molar-refractivity contribution < 1.29 is 4.79 Å². The first-order chi connectivity index (χ1) is 6.50. The Balaban J connectivity index is 2.66. The Labute approximate surface area is 85.0 Å². The van der Waals surface area contributed by atoms with Gasteiger partial charge in [0.1, 0.15) is 6.54 Å². The molecular weight excluding hydrogens is 176 g/mol. The number of carbonyl (C=O) groups excluding carboxylic acids is 1. The van der Waals surface area contributed by atoms with Crippen LogP contribution >= 0.6 is 0 Å². The SMILES string of the molecule is C=C1C=CC(C)=CN1CC(=O)N(C)C. The minimum Gasteiger partial charge on any atom is -0.347 e. The number of carbonyl (C=O) groups is 1. The van der Waals surface area contributed by atoms with E-state index in [1.807, 2.05) is 30.2 Å². The van der Waals surface area contributed by atoms with Crippen molar-refractivity contribution in [3.63, 3.8) is 0 Å². The Morgan fingerprint density at radius 3 is 2.71 bits per heavy atom. The summed E-state index contributed by atoms with van der Waals surface area (Å²) in [7, 11) is 3.50. The van der Waals surface area contributed by atoms with Gasteiger partial charge in [-0.1, -0.05) is 12.7 Å². The molecule has 14 heavy (non-hydrogen) atoms. The predicted molar refractivity (Wildman–Crippen MR) is 57.4 cm³/mol. The molecule has 1 rings (SSSR count). The average Bonchev–Trinajstić information content (AvgIpc) is 2.11. The van der Waals surface area contributed by atoms with Crippen molar-refractivity contribution >= 4 is 5.91 Å². The summed E-state index contributed by atoms with van der Waals surface area (Å²) >= 11 is 0. The van der Waals surface area contributed by atoms with E-state index in [0.29, 0.717) is 6.54 Å². The average molecular weight is 192 g/mol. The fourth-order valence-electron chi connectivity index (χ4n) is 1.13. The lowest BCUT2D eigenvalue weighted by Gasteiger charge is -2.25. The van der Waals surface area contributed by atoms with Crippen LogP contribution in [0.5, 0.6) is 0 Å². The third-order valence-electron chi connectivity index (χ3n) is 2.07. The van der Waals surface area contributed by atoms with E-state index < -0.39 is 0 Å². The zero-order valence-electron chi connectivity index (χ0n) is 8.95. The highest BCUT2D eigenvalue weighted by Crippen LogP contribution is 2.14. The van der Waals surface area contributed by atoms with E-state index >= 15 is 0 Å². The lowest BCUT2D eigenvalue weighted by molar-refractivity contribution is -0.128. The Bertz CT molecular complexity index is 313. The quantitative estimate of drug-likeness (QED) is 0.659. The zero-order valence-corrected chi connectivity index (χ0v) is 8.95. The predicted octanol–water partition coefficient (Wildman–Crippen LogP) is 1.36. The fourth-order valence-corrected chi connectivity index (χ4v) is 1.13. The Morgan fingerprint density at radius 2 is 2.14 bits per heavy atom. The number of rotatable bonds is 2. The lowest BCUT2D eigenvalue weighted by Crippen LogP contribution is -2.33. The highest BCUT2D eigenvalue weighted by molar-refractivity contribution is 5.78. The Kier molecular flexibility index (Phi) is 3.12. The summed E-state index contributed by atoms with van der Waals surface area (Å²) < 4.78 is 0. The van der Waals surface area contributed by atoms with Gasteiger partial charge in [0, 0.05) is 26.0 Å². The van der Waals surface area contributed by atoms with E-state index in [1.165, 1.54) is 0 Å². The van der Waals surface area contributed by atoms with Crippen molar-refractivity contribution in [2.45, 2.75) is 6.92 Å². The summed E-state index contributed by atoms with van der Waals surface area (Å²) in [4.78, 5) is 14.9. The molecule has 3 nitrogen and oxygen atoms in total. The van der Waals surface area contributed by atoms with Crippen LogP contribution in [0.1, 0.15) is 6.92 Å². The van der Waals surface area contributed by atoms with Gasteiger partial charge in [-0.05, 0) is 18.6 Å². The van der Waals surface area contributed by atoms with Crippen LogP contribution in [0.3, 0.4) is 0 Å². The molecule has 1 heterocycles.